The van der Waals surface area contributed by atoms with Crippen LogP contribution in [0, 0.1) is 0 Å². The second-order valence-corrected chi connectivity index (χ2v) is 6.33. The third-order valence-corrected chi connectivity index (χ3v) is 4.66. The van der Waals surface area contributed by atoms with Gasteiger partial charge in [-0.3, -0.25) is 9.13 Å². The smallest absolute Gasteiger partial charge is 0.331 e. The number of nitrogens with one attached hydrogen (secondary N) is 2. The van der Waals surface area contributed by atoms with Gasteiger partial charge in [0.25, 0.3) is 0 Å². The molecule has 0 radical (unpaired) electrons. The summed E-state index contributed by atoms with van der Waals surface area (Å²) in [6.07, 6.45) is 1.01. The quantitative estimate of drug-likeness (QED) is 0.365. The molecule has 12 heteroatoms. The number of hydrogen-bond acceptors (Lipinski definition) is 5. The number of rotatable bonds is 4. The van der Waals surface area contributed by atoms with E-state index in [0.717, 1.165) is 6.33 Å². The van der Waals surface area contributed by atoms with E-state index in [2.05, 4.69) is 15.2 Å². The SMILES string of the molecule is O=P(O)(O)C(Nc1ncn[nH]1)P(=O)(O)O. The van der Waals surface area contributed by atoms with Crippen molar-refractivity contribution in [2.24, 2.45) is 0 Å². The molecular formula is C3H8N4O6P2. The van der Waals surface area contributed by atoms with Gasteiger partial charge in [0.15, 0.2) is 0 Å². The fourth-order valence-corrected chi connectivity index (χ4v) is 2.91. The van der Waals surface area contributed by atoms with Crippen LogP contribution < -0.4 is 5.32 Å². The van der Waals surface area contributed by atoms with Crippen LogP contribution in [0.25, 0.3) is 0 Å². The Bertz CT molecular complexity index is 384. The van der Waals surface area contributed by atoms with Crippen LogP contribution in [0.4, 0.5) is 5.95 Å². The van der Waals surface area contributed by atoms with Crippen molar-refractivity contribution < 1.29 is 28.7 Å². The van der Waals surface area contributed by atoms with Crippen LogP contribution in [-0.2, 0) is 9.13 Å². The Kier molecular flexibility index (Phi) is 3.29. The Morgan fingerprint density at radius 3 is 2.13 bits per heavy atom. The third-order valence-electron chi connectivity index (χ3n) is 1.32. The molecule has 0 aromatic carbocycles. The molecule has 0 atom stereocenters. The van der Waals surface area contributed by atoms with Gasteiger partial charge in [-0.05, 0) is 0 Å². The van der Waals surface area contributed by atoms with Gasteiger partial charge in [-0.25, -0.2) is 10.1 Å². The zero-order valence-corrected chi connectivity index (χ0v) is 8.84. The van der Waals surface area contributed by atoms with Crippen LogP contribution in [0.2, 0.25) is 0 Å². The van der Waals surface area contributed by atoms with Gasteiger partial charge >= 0.3 is 15.2 Å². The number of aromatic amines is 1. The Hall–Kier alpha value is -0.760. The molecule has 0 aliphatic rings. The molecule has 0 fully saturated rings. The second kappa shape index (κ2) is 4.01. The minimum atomic E-state index is -5.00. The van der Waals surface area contributed by atoms with E-state index in [1.54, 1.807) is 0 Å². The zero-order chi connectivity index (χ0) is 11.7. The maximum atomic E-state index is 10.8. The van der Waals surface area contributed by atoms with Crippen LogP contribution in [0.5, 0.6) is 0 Å². The van der Waals surface area contributed by atoms with Gasteiger partial charge in [-0.1, -0.05) is 0 Å². The van der Waals surface area contributed by atoms with Gasteiger partial charge in [0.05, 0.1) is 0 Å². The Morgan fingerprint density at radius 1 is 1.27 bits per heavy atom. The molecule has 0 bridgehead atoms. The first-order valence-corrected chi connectivity index (χ1v) is 6.80. The summed E-state index contributed by atoms with van der Waals surface area (Å²) in [4.78, 5) is 38.2. The molecule has 0 amide bonds. The van der Waals surface area contributed by atoms with Crippen LogP contribution in [-0.4, -0.2) is 40.3 Å². The fourth-order valence-electron chi connectivity index (χ4n) is 0.761. The van der Waals surface area contributed by atoms with Crippen molar-refractivity contribution >= 4 is 21.1 Å². The molecule has 6 N–H and O–H groups in total. The molecule has 1 aromatic heterocycles. The van der Waals surface area contributed by atoms with Crippen molar-refractivity contribution in [3.63, 3.8) is 0 Å². The molecule has 0 aliphatic carbocycles. The summed E-state index contributed by atoms with van der Waals surface area (Å²) in [6, 6.07) is 0. The normalized spacial score (nSPS) is 13.1. The van der Waals surface area contributed by atoms with Crippen molar-refractivity contribution in [1.29, 1.82) is 0 Å². The highest BCUT2D eigenvalue weighted by Gasteiger charge is 2.44. The average Bonchev–Trinajstić information content (AvgIpc) is 2.46. The van der Waals surface area contributed by atoms with E-state index >= 15 is 0 Å². The average molecular weight is 258 g/mol. The van der Waals surface area contributed by atoms with Crippen molar-refractivity contribution in [3.05, 3.63) is 6.33 Å². The first kappa shape index (κ1) is 12.3. The van der Waals surface area contributed by atoms with Crippen LogP contribution in [0.3, 0.4) is 0 Å². The zero-order valence-electron chi connectivity index (χ0n) is 7.05. The highest BCUT2D eigenvalue weighted by Crippen LogP contribution is 2.59. The van der Waals surface area contributed by atoms with E-state index in [-0.39, 0.29) is 5.95 Å². The lowest BCUT2D eigenvalue weighted by Crippen LogP contribution is -2.20. The molecule has 15 heavy (non-hydrogen) atoms. The Balaban J connectivity index is 2.95. The molecule has 1 aromatic rings. The molecule has 86 valence electrons. The van der Waals surface area contributed by atoms with Gasteiger partial charge < -0.3 is 24.9 Å². The van der Waals surface area contributed by atoms with Crippen molar-refractivity contribution in [2.45, 2.75) is 5.52 Å². The molecule has 1 heterocycles. The standard InChI is InChI=1S/C3H8N4O6P2/c8-14(9,10)3(15(11,12)13)6-2-4-1-5-7-2/h1,3H,(H2,8,9,10)(H2,11,12,13)(H2,4,5,6,7). The summed E-state index contributed by atoms with van der Waals surface area (Å²) in [7, 11) is -10.0. The van der Waals surface area contributed by atoms with E-state index in [4.69, 9.17) is 19.6 Å². The van der Waals surface area contributed by atoms with E-state index in [0.29, 0.717) is 0 Å². The molecular weight excluding hydrogens is 250 g/mol. The number of H-pyrrole nitrogens is 1. The summed E-state index contributed by atoms with van der Waals surface area (Å²) in [5.41, 5.74) is -2.34. The summed E-state index contributed by atoms with van der Waals surface area (Å²) in [5, 5.41) is 7.37. The topological polar surface area (TPSA) is 169 Å². The van der Waals surface area contributed by atoms with Crippen molar-refractivity contribution in [3.8, 4) is 0 Å². The highest BCUT2D eigenvalue weighted by atomic mass is 31.2. The van der Waals surface area contributed by atoms with Gasteiger partial charge in [0.2, 0.25) is 11.5 Å². The molecule has 1 rings (SSSR count). The fraction of sp³-hybridized carbons (Fsp3) is 0.333. The first-order chi connectivity index (χ1) is 6.71. The monoisotopic (exact) mass is 258 g/mol. The molecule has 10 nitrogen and oxygen atoms in total. The minimum Gasteiger partial charge on any atom is -0.331 e. The molecule has 0 aliphatic heterocycles. The lowest BCUT2D eigenvalue weighted by atomic mass is 11.0. The summed E-state index contributed by atoms with van der Waals surface area (Å²) >= 11 is 0. The van der Waals surface area contributed by atoms with Crippen molar-refractivity contribution in [1.82, 2.24) is 15.2 Å². The second-order valence-electron chi connectivity index (χ2n) is 2.53. The number of nitrogens with zero attached hydrogens (tertiary/aromatic N) is 2. The lowest BCUT2D eigenvalue weighted by molar-refractivity contribution is 0.343. The maximum absolute atomic E-state index is 10.8. The van der Waals surface area contributed by atoms with Crippen LogP contribution in [0.1, 0.15) is 0 Å². The largest absolute Gasteiger partial charge is 0.360 e. The van der Waals surface area contributed by atoms with Crippen molar-refractivity contribution in [2.75, 3.05) is 5.32 Å². The van der Waals surface area contributed by atoms with Crippen LogP contribution >= 0.6 is 15.2 Å². The minimum absolute atomic E-state index is 0.244. The van der Waals surface area contributed by atoms with E-state index in [1.165, 1.54) is 0 Å². The van der Waals surface area contributed by atoms with Crippen LogP contribution in [0.15, 0.2) is 6.33 Å². The molecule has 0 spiro atoms. The van der Waals surface area contributed by atoms with Gasteiger partial charge in [0.1, 0.15) is 6.33 Å². The third kappa shape index (κ3) is 3.38. The van der Waals surface area contributed by atoms with E-state index in [1.807, 2.05) is 5.32 Å². The first-order valence-electron chi connectivity index (χ1n) is 3.43. The molecule has 0 unspecified atom stereocenters. The Morgan fingerprint density at radius 2 is 1.80 bits per heavy atom. The maximum Gasteiger partial charge on any atom is 0.360 e. The Labute approximate surface area is 83.1 Å². The number of hydrogen-bond donors (Lipinski definition) is 6. The number of anilines is 1. The highest BCUT2D eigenvalue weighted by molar-refractivity contribution is 7.71. The lowest BCUT2D eigenvalue weighted by Gasteiger charge is -2.19. The van der Waals surface area contributed by atoms with Gasteiger partial charge in [-0.15, -0.1) is 0 Å². The van der Waals surface area contributed by atoms with E-state index < -0.39 is 20.7 Å². The summed E-state index contributed by atoms with van der Waals surface area (Å²) in [5.74, 6) is -0.244. The van der Waals surface area contributed by atoms with E-state index in [9.17, 15) is 9.13 Å². The predicted molar refractivity (Wildman–Crippen MR) is 47.9 cm³/mol. The van der Waals surface area contributed by atoms with Gasteiger partial charge in [-0.2, -0.15) is 5.10 Å². The summed E-state index contributed by atoms with van der Waals surface area (Å²) < 4.78 is 21.6. The summed E-state index contributed by atoms with van der Waals surface area (Å²) in [6.45, 7) is 0. The molecule has 0 saturated carbocycles. The van der Waals surface area contributed by atoms with Gasteiger partial charge in [0, 0.05) is 0 Å². The molecule has 0 saturated heterocycles. The number of aromatic nitrogens is 3. The predicted octanol–water partition coefficient (Wildman–Crippen LogP) is -1.14.